The van der Waals surface area contributed by atoms with Crippen molar-refractivity contribution in [2.75, 3.05) is 43.4 Å². The van der Waals surface area contributed by atoms with Gasteiger partial charge >= 0.3 is 6.03 Å². The molecule has 1 fully saturated rings. The molecule has 0 bridgehead atoms. The molecule has 1 unspecified atom stereocenters. The normalized spacial score (nSPS) is 14.6. The smallest absolute Gasteiger partial charge is 0.319 e. The second kappa shape index (κ2) is 10.8. The van der Waals surface area contributed by atoms with E-state index < -0.39 is 12.1 Å². The summed E-state index contributed by atoms with van der Waals surface area (Å²) in [5, 5.41) is 14.6. The van der Waals surface area contributed by atoms with Gasteiger partial charge in [0.2, 0.25) is 5.88 Å². The number of urea groups is 1. The Hall–Kier alpha value is -4.16. The largest absolute Gasteiger partial charge is 0.439 e. The van der Waals surface area contributed by atoms with E-state index in [0.29, 0.717) is 22.9 Å². The number of likely N-dealkylation sites (N-methyl/N-ethyl adjacent to an activating group) is 1. The first-order chi connectivity index (χ1) is 16.9. The molecule has 1 atom stereocenters. The minimum Gasteiger partial charge on any atom is -0.439 e. The third-order valence-electron chi connectivity index (χ3n) is 5.83. The Kier molecular flexibility index (Phi) is 7.43. The molecule has 1 aromatic heterocycles. The summed E-state index contributed by atoms with van der Waals surface area (Å²) in [6.45, 7) is 5.37. The van der Waals surface area contributed by atoms with Crippen molar-refractivity contribution in [2.45, 2.75) is 13.0 Å². The van der Waals surface area contributed by atoms with Crippen LogP contribution in [0.15, 0.2) is 60.8 Å². The third-order valence-corrected chi connectivity index (χ3v) is 5.83. The number of carbonyl (C=O) groups is 1. The Morgan fingerprint density at radius 1 is 1.14 bits per heavy atom. The number of amides is 2. The molecule has 1 aliphatic heterocycles. The fourth-order valence-corrected chi connectivity index (χ4v) is 3.91. The number of benzene rings is 2. The summed E-state index contributed by atoms with van der Waals surface area (Å²) in [7, 11) is 2.08. The van der Waals surface area contributed by atoms with Crippen LogP contribution in [-0.2, 0) is 0 Å². The van der Waals surface area contributed by atoms with Gasteiger partial charge in [0.1, 0.15) is 11.6 Å². The van der Waals surface area contributed by atoms with Crippen LogP contribution < -0.4 is 20.3 Å². The Labute approximate surface area is 203 Å². The highest BCUT2D eigenvalue weighted by atomic mass is 19.1. The van der Waals surface area contributed by atoms with Crippen molar-refractivity contribution < 1.29 is 13.9 Å². The molecule has 8 nitrogen and oxygen atoms in total. The number of anilines is 2. The molecule has 180 valence electrons. The number of aromatic nitrogens is 1. The third kappa shape index (κ3) is 6.25. The van der Waals surface area contributed by atoms with Crippen molar-refractivity contribution in [3.05, 3.63) is 77.7 Å². The summed E-state index contributed by atoms with van der Waals surface area (Å²) >= 11 is 0. The van der Waals surface area contributed by atoms with Gasteiger partial charge in [0.15, 0.2) is 0 Å². The lowest BCUT2D eigenvalue weighted by Gasteiger charge is -2.36. The van der Waals surface area contributed by atoms with Crippen molar-refractivity contribution in [1.82, 2.24) is 15.2 Å². The summed E-state index contributed by atoms with van der Waals surface area (Å²) in [5.41, 5.74) is 2.62. The van der Waals surface area contributed by atoms with E-state index in [9.17, 15) is 9.18 Å². The number of nitrogens with one attached hydrogen (secondary N) is 2. The van der Waals surface area contributed by atoms with E-state index in [4.69, 9.17) is 10.00 Å². The van der Waals surface area contributed by atoms with Crippen LogP contribution in [0.5, 0.6) is 11.6 Å². The van der Waals surface area contributed by atoms with Gasteiger partial charge in [0.05, 0.1) is 29.6 Å². The zero-order valence-corrected chi connectivity index (χ0v) is 19.7. The van der Waals surface area contributed by atoms with Gasteiger partial charge in [-0.25, -0.2) is 14.2 Å². The van der Waals surface area contributed by atoms with Gasteiger partial charge in [0.25, 0.3) is 0 Å². The number of hydrogen-bond acceptors (Lipinski definition) is 6. The molecule has 35 heavy (non-hydrogen) atoms. The lowest BCUT2D eigenvalue weighted by molar-refractivity contribution is 0.249. The lowest BCUT2D eigenvalue weighted by atomic mass is 10.0. The van der Waals surface area contributed by atoms with Crippen molar-refractivity contribution in [1.29, 1.82) is 5.26 Å². The number of nitrogens with zero attached hydrogens (tertiary/aromatic N) is 4. The molecular weight excluding hydrogens is 447 g/mol. The monoisotopic (exact) mass is 474 g/mol. The highest BCUT2D eigenvalue weighted by molar-refractivity contribution is 5.89. The molecule has 1 saturated heterocycles. The number of hydrogen-bond donors (Lipinski definition) is 2. The zero-order chi connectivity index (χ0) is 24.8. The fourth-order valence-electron chi connectivity index (χ4n) is 3.91. The Morgan fingerprint density at radius 2 is 1.94 bits per heavy atom. The first-order valence-corrected chi connectivity index (χ1v) is 11.4. The predicted octanol–water partition coefficient (Wildman–Crippen LogP) is 4.52. The van der Waals surface area contributed by atoms with E-state index in [-0.39, 0.29) is 5.82 Å². The van der Waals surface area contributed by atoms with Crippen LogP contribution in [0.3, 0.4) is 0 Å². The molecular formula is C26H27FN6O2. The van der Waals surface area contributed by atoms with Crippen LogP contribution in [0.4, 0.5) is 20.6 Å². The molecule has 2 aromatic carbocycles. The summed E-state index contributed by atoms with van der Waals surface area (Å²) in [6, 6.07) is 16.0. The number of nitriles is 1. The van der Waals surface area contributed by atoms with Gasteiger partial charge in [-0.1, -0.05) is 6.07 Å². The molecule has 0 aliphatic carbocycles. The van der Waals surface area contributed by atoms with Crippen LogP contribution in [0, 0.1) is 17.1 Å². The van der Waals surface area contributed by atoms with E-state index in [1.807, 2.05) is 6.92 Å². The topological polar surface area (TPSA) is 93.5 Å². The average Bonchev–Trinajstić information content (AvgIpc) is 2.86. The summed E-state index contributed by atoms with van der Waals surface area (Å²) in [4.78, 5) is 21.3. The highest BCUT2D eigenvalue weighted by Crippen LogP contribution is 2.28. The maximum atomic E-state index is 14.1. The molecule has 1 aliphatic rings. The summed E-state index contributed by atoms with van der Waals surface area (Å²) in [6.07, 6.45) is 1.48. The van der Waals surface area contributed by atoms with E-state index >= 15 is 0 Å². The van der Waals surface area contributed by atoms with Crippen molar-refractivity contribution in [3.63, 3.8) is 0 Å². The van der Waals surface area contributed by atoms with Crippen molar-refractivity contribution >= 4 is 17.4 Å². The summed E-state index contributed by atoms with van der Waals surface area (Å²) in [5.74, 6) is 0.484. The fraction of sp³-hybridized carbons (Fsp3) is 0.269. The first kappa shape index (κ1) is 24.0. The number of rotatable bonds is 6. The van der Waals surface area contributed by atoms with Crippen molar-refractivity contribution in [2.24, 2.45) is 0 Å². The maximum absolute atomic E-state index is 14.1. The standard InChI is InChI=1S/C26H27FN6O2/c1-18(23-15-20(27)6-8-24(23)33-12-10-32(2)11-13-33)30-26(34)31-21-7-9-25(29-17-21)35-22-5-3-4-19(14-22)16-28/h3-9,14-15,17-18H,10-13H2,1-2H3,(H2,30,31,34). The van der Waals surface area contributed by atoms with E-state index in [0.717, 1.165) is 37.4 Å². The van der Waals surface area contributed by atoms with Gasteiger partial charge in [-0.15, -0.1) is 0 Å². The number of halogens is 1. The molecule has 0 saturated carbocycles. The van der Waals surface area contributed by atoms with Crippen molar-refractivity contribution in [3.8, 4) is 17.7 Å². The van der Waals surface area contributed by atoms with E-state index in [1.54, 1.807) is 42.5 Å². The number of piperazine rings is 1. The van der Waals surface area contributed by atoms with E-state index in [2.05, 4.69) is 38.5 Å². The van der Waals surface area contributed by atoms with Gasteiger partial charge in [-0.05, 0) is 56.4 Å². The minimum absolute atomic E-state index is 0.330. The van der Waals surface area contributed by atoms with Gasteiger partial charge in [0, 0.05) is 43.5 Å². The summed E-state index contributed by atoms with van der Waals surface area (Å²) < 4.78 is 19.7. The maximum Gasteiger partial charge on any atom is 0.319 e. The molecule has 2 heterocycles. The molecule has 0 radical (unpaired) electrons. The van der Waals surface area contributed by atoms with Crippen LogP contribution in [0.2, 0.25) is 0 Å². The Bertz CT molecular complexity index is 1220. The van der Waals surface area contributed by atoms with Crippen LogP contribution in [0.1, 0.15) is 24.1 Å². The molecule has 3 aromatic rings. The quantitative estimate of drug-likeness (QED) is 0.546. The number of ether oxygens (including phenoxy) is 1. The van der Waals surface area contributed by atoms with Crippen LogP contribution in [-0.4, -0.2) is 49.1 Å². The Morgan fingerprint density at radius 3 is 2.66 bits per heavy atom. The predicted molar refractivity (Wildman–Crippen MR) is 132 cm³/mol. The SMILES string of the molecule is CC(NC(=O)Nc1ccc(Oc2cccc(C#N)c2)nc1)c1cc(F)ccc1N1CCN(C)CC1. The van der Waals surface area contributed by atoms with Gasteiger partial charge < -0.3 is 25.2 Å². The zero-order valence-electron chi connectivity index (χ0n) is 19.7. The highest BCUT2D eigenvalue weighted by Gasteiger charge is 2.21. The molecule has 4 rings (SSSR count). The van der Waals surface area contributed by atoms with E-state index in [1.165, 1.54) is 18.3 Å². The Balaban J connectivity index is 1.38. The first-order valence-electron chi connectivity index (χ1n) is 11.4. The lowest BCUT2D eigenvalue weighted by Crippen LogP contribution is -2.45. The minimum atomic E-state index is -0.428. The molecule has 2 amide bonds. The second-order valence-electron chi connectivity index (χ2n) is 8.44. The molecule has 0 spiro atoms. The second-order valence-corrected chi connectivity index (χ2v) is 8.44. The molecule has 2 N–H and O–H groups in total. The molecule has 9 heteroatoms. The average molecular weight is 475 g/mol. The van der Waals surface area contributed by atoms with Crippen LogP contribution >= 0.6 is 0 Å². The number of carbonyl (C=O) groups excluding carboxylic acids is 1. The van der Waals surface area contributed by atoms with Gasteiger partial charge in [-0.2, -0.15) is 5.26 Å². The van der Waals surface area contributed by atoms with Gasteiger partial charge in [-0.3, -0.25) is 0 Å². The van der Waals surface area contributed by atoms with Crippen LogP contribution in [0.25, 0.3) is 0 Å². The number of pyridine rings is 1.